The highest BCUT2D eigenvalue weighted by molar-refractivity contribution is 5.35. The Morgan fingerprint density at radius 3 is 3.00 bits per heavy atom. The van der Waals surface area contributed by atoms with Gasteiger partial charge in [0.1, 0.15) is 5.75 Å². The van der Waals surface area contributed by atoms with Crippen LogP contribution in [0.4, 0.5) is 5.95 Å². The molecule has 1 aliphatic rings. The van der Waals surface area contributed by atoms with Crippen LogP contribution in [-0.2, 0) is 6.54 Å². The third kappa shape index (κ3) is 2.35. The minimum Gasteiger partial charge on any atom is -0.497 e. The fraction of sp³-hybridized carbons (Fsp3) is 0.467. The summed E-state index contributed by atoms with van der Waals surface area (Å²) in [7, 11) is 1.70. The van der Waals surface area contributed by atoms with Crippen molar-refractivity contribution < 1.29 is 4.74 Å². The Labute approximate surface area is 119 Å². The van der Waals surface area contributed by atoms with E-state index in [4.69, 9.17) is 4.74 Å². The van der Waals surface area contributed by atoms with E-state index in [1.165, 1.54) is 5.56 Å². The molecule has 106 valence electrons. The summed E-state index contributed by atoms with van der Waals surface area (Å²) in [6.07, 6.45) is 0. The molecule has 0 amide bonds. The molecule has 0 spiro atoms. The topological polar surface area (TPSA) is 52.0 Å². The van der Waals surface area contributed by atoms with Gasteiger partial charge in [-0.05, 0) is 17.7 Å². The lowest BCUT2D eigenvalue weighted by molar-refractivity contribution is 0.412. The molecule has 5 heteroatoms. The van der Waals surface area contributed by atoms with Gasteiger partial charge in [0, 0.05) is 18.4 Å². The summed E-state index contributed by atoms with van der Waals surface area (Å²) in [4.78, 5) is 4.53. The molecule has 0 saturated carbocycles. The third-order valence-electron chi connectivity index (χ3n) is 3.67. The van der Waals surface area contributed by atoms with Gasteiger partial charge in [0.15, 0.2) is 5.82 Å². The first-order chi connectivity index (χ1) is 9.67. The molecule has 0 aliphatic carbocycles. The molecular weight excluding hydrogens is 252 g/mol. The van der Waals surface area contributed by atoms with Crippen molar-refractivity contribution in [3.63, 3.8) is 0 Å². The van der Waals surface area contributed by atoms with Gasteiger partial charge in [-0.1, -0.05) is 26.0 Å². The van der Waals surface area contributed by atoms with E-state index < -0.39 is 0 Å². The standard InChI is InChI=1S/C15H20N4O/c1-10(2)14-17-15-16-8-12(9-19(15)18-14)11-5-4-6-13(7-11)20-3/h4-7,10,12H,8-9H2,1-3H3,(H,16,17,18). The largest absolute Gasteiger partial charge is 0.497 e. The van der Waals surface area contributed by atoms with E-state index in [0.29, 0.717) is 11.8 Å². The summed E-state index contributed by atoms with van der Waals surface area (Å²) in [6.45, 7) is 5.96. The number of hydrogen-bond donors (Lipinski definition) is 1. The van der Waals surface area contributed by atoms with Crippen molar-refractivity contribution >= 4 is 5.95 Å². The van der Waals surface area contributed by atoms with Crippen molar-refractivity contribution in [3.05, 3.63) is 35.7 Å². The second-order valence-electron chi connectivity index (χ2n) is 5.48. The Morgan fingerprint density at radius 2 is 2.25 bits per heavy atom. The second kappa shape index (κ2) is 5.15. The first-order valence-electron chi connectivity index (χ1n) is 7.00. The van der Waals surface area contributed by atoms with Gasteiger partial charge in [0.25, 0.3) is 0 Å². The van der Waals surface area contributed by atoms with Crippen molar-refractivity contribution in [1.82, 2.24) is 14.8 Å². The Bertz CT molecular complexity index is 606. The summed E-state index contributed by atoms with van der Waals surface area (Å²) in [5.41, 5.74) is 1.27. The molecule has 0 bridgehead atoms. The molecule has 1 aliphatic heterocycles. The summed E-state index contributed by atoms with van der Waals surface area (Å²) in [5.74, 6) is 3.42. The number of anilines is 1. The van der Waals surface area contributed by atoms with Crippen LogP contribution in [0.2, 0.25) is 0 Å². The van der Waals surface area contributed by atoms with Gasteiger partial charge in [-0.15, -0.1) is 0 Å². The second-order valence-corrected chi connectivity index (χ2v) is 5.48. The number of rotatable bonds is 3. The molecule has 2 aromatic rings. The van der Waals surface area contributed by atoms with E-state index in [1.807, 2.05) is 16.8 Å². The molecule has 0 saturated heterocycles. The van der Waals surface area contributed by atoms with Crippen LogP contribution in [0.5, 0.6) is 5.75 Å². The smallest absolute Gasteiger partial charge is 0.221 e. The minimum atomic E-state index is 0.352. The van der Waals surface area contributed by atoms with Crippen molar-refractivity contribution in [2.45, 2.75) is 32.2 Å². The van der Waals surface area contributed by atoms with E-state index in [-0.39, 0.29) is 0 Å². The van der Waals surface area contributed by atoms with Crippen LogP contribution in [0.1, 0.15) is 37.1 Å². The van der Waals surface area contributed by atoms with Crippen LogP contribution in [0, 0.1) is 0 Å². The predicted molar refractivity (Wildman–Crippen MR) is 78.3 cm³/mol. The van der Waals surface area contributed by atoms with Gasteiger partial charge in [0.05, 0.1) is 13.7 Å². The van der Waals surface area contributed by atoms with E-state index >= 15 is 0 Å². The fourth-order valence-electron chi connectivity index (χ4n) is 2.47. The van der Waals surface area contributed by atoms with Gasteiger partial charge >= 0.3 is 0 Å². The maximum Gasteiger partial charge on any atom is 0.221 e. The van der Waals surface area contributed by atoms with E-state index in [2.05, 4.69) is 41.4 Å². The summed E-state index contributed by atoms with van der Waals surface area (Å²) < 4.78 is 7.27. The van der Waals surface area contributed by atoms with Gasteiger partial charge in [-0.3, -0.25) is 0 Å². The van der Waals surface area contributed by atoms with Crippen LogP contribution in [-0.4, -0.2) is 28.4 Å². The summed E-state index contributed by atoms with van der Waals surface area (Å²) in [6, 6.07) is 8.24. The zero-order valence-electron chi connectivity index (χ0n) is 12.1. The van der Waals surface area contributed by atoms with E-state index in [1.54, 1.807) is 7.11 Å². The first-order valence-corrected chi connectivity index (χ1v) is 7.00. The lowest BCUT2D eigenvalue weighted by Crippen LogP contribution is -2.26. The highest BCUT2D eigenvalue weighted by Gasteiger charge is 2.23. The third-order valence-corrected chi connectivity index (χ3v) is 3.67. The van der Waals surface area contributed by atoms with Crippen LogP contribution < -0.4 is 10.1 Å². The molecule has 1 unspecified atom stereocenters. The molecule has 20 heavy (non-hydrogen) atoms. The van der Waals surface area contributed by atoms with Gasteiger partial charge in [0.2, 0.25) is 5.95 Å². The SMILES string of the molecule is COc1cccc(C2CNc3nc(C(C)C)nn3C2)c1. The van der Waals surface area contributed by atoms with Crippen molar-refractivity contribution in [2.24, 2.45) is 0 Å². The summed E-state index contributed by atoms with van der Waals surface area (Å²) >= 11 is 0. The molecule has 3 rings (SSSR count). The molecule has 1 aromatic heterocycles. The molecular formula is C15H20N4O. The maximum absolute atomic E-state index is 5.30. The molecule has 1 atom stereocenters. The number of benzene rings is 1. The zero-order chi connectivity index (χ0) is 14.1. The molecule has 5 nitrogen and oxygen atoms in total. The number of ether oxygens (including phenoxy) is 1. The first kappa shape index (κ1) is 13.0. The average molecular weight is 272 g/mol. The number of methoxy groups -OCH3 is 1. The fourth-order valence-corrected chi connectivity index (χ4v) is 2.47. The lowest BCUT2D eigenvalue weighted by atomic mass is 9.98. The number of hydrogen-bond acceptors (Lipinski definition) is 4. The van der Waals surface area contributed by atoms with Crippen molar-refractivity contribution in [1.29, 1.82) is 0 Å². The Hall–Kier alpha value is -2.04. The number of aromatic nitrogens is 3. The molecule has 2 heterocycles. The van der Waals surface area contributed by atoms with Gasteiger partial charge in [-0.25, -0.2) is 4.68 Å². The Kier molecular flexibility index (Phi) is 3.34. The van der Waals surface area contributed by atoms with Crippen LogP contribution in [0.15, 0.2) is 24.3 Å². The van der Waals surface area contributed by atoms with Crippen LogP contribution in [0.25, 0.3) is 0 Å². The number of nitrogens with zero attached hydrogens (tertiary/aromatic N) is 3. The number of fused-ring (bicyclic) bond motifs is 1. The Balaban J connectivity index is 1.84. The normalized spacial score (nSPS) is 17.7. The molecule has 0 fully saturated rings. The average Bonchev–Trinajstić information content (AvgIpc) is 2.90. The van der Waals surface area contributed by atoms with Crippen molar-refractivity contribution in [2.75, 3.05) is 19.0 Å². The quantitative estimate of drug-likeness (QED) is 0.933. The van der Waals surface area contributed by atoms with Crippen molar-refractivity contribution in [3.8, 4) is 5.75 Å². The number of nitrogens with one attached hydrogen (secondary N) is 1. The van der Waals surface area contributed by atoms with Crippen LogP contribution >= 0.6 is 0 Å². The highest BCUT2D eigenvalue weighted by Crippen LogP contribution is 2.27. The van der Waals surface area contributed by atoms with Gasteiger partial charge < -0.3 is 10.1 Å². The molecule has 0 radical (unpaired) electrons. The highest BCUT2D eigenvalue weighted by atomic mass is 16.5. The monoisotopic (exact) mass is 272 g/mol. The maximum atomic E-state index is 5.30. The predicted octanol–water partition coefficient (Wildman–Crippen LogP) is 2.62. The summed E-state index contributed by atoms with van der Waals surface area (Å²) in [5, 5.41) is 7.95. The Morgan fingerprint density at radius 1 is 1.40 bits per heavy atom. The van der Waals surface area contributed by atoms with Crippen LogP contribution in [0.3, 0.4) is 0 Å². The molecule has 1 N–H and O–H groups in total. The van der Waals surface area contributed by atoms with E-state index in [9.17, 15) is 0 Å². The van der Waals surface area contributed by atoms with Gasteiger partial charge in [-0.2, -0.15) is 10.1 Å². The minimum absolute atomic E-state index is 0.352. The zero-order valence-corrected chi connectivity index (χ0v) is 12.1. The van der Waals surface area contributed by atoms with E-state index in [0.717, 1.165) is 30.6 Å². The molecule has 1 aromatic carbocycles. The lowest BCUT2D eigenvalue weighted by Gasteiger charge is -2.24.